The number of sulfonamides is 1. The fourth-order valence-corrected chi connectivity index (χ4v) is 4.93. The molecule has 0 saturated heterocycles. The minimum atomic E-state index is -3.98. The molecule has 1 rings (SSSR count). The van der Waals surface area contributed by atoms with E-state index in [4.69, 9.17) is 5.11 Å². The van der Waals surface area contributed by atoms with E-state index >= 15 is 0 Å². The summed E-state index contributed by atoms with van der Waals surface area (Å²) in [7, 11) is -7.62. The molecule has 0 spiro atoms. The second kappa shape index (κ2) is 6.33. The smallest absolute Gasteiger partial charge is 0.248 e. The number of aromatic nitrogens is 1. The number of sulfone groups is 1. The predicted octanol–water partition coefficient (Wildman–Crippen LogP) is -0.379. The molecule has 0 aliphatic carbocycles. The number of aliphatic hydroxyl groups excluding tert-OH is 1. The number of nitrogens with zero attached hydrogens (tertiary/aromatic N) is 1. The summed E-state index contributed by atoms with van der Waals surface area (Å²) in [6, 6.07) is 0. The number of nitrogens with one attached hydrogen (secondary N) is 1. The third-order valence-corrected chi connectivity index (χ3v) is 5.98. The van der Waals surface area contributed by atoms with Crippen LogP contribution in [0.4, 0.5) is 5.13 Å². The van der Waals surface area contributed by atoms with E-state index in [0.717, 1.165) is 17.6 Å². The van der Waals surface area contributed by atoms with Crippen LogP contribution in [0.15, 0.2) is 6.20 Å². The Morgan fingerprint density at radius 2 is 2.11 bits per heavy atom. The maximum atomic E-state index is 11.5. The summed E-state index contributed by atoms with van der Waals surface area (Å²) in [4.78, 5) is 4.30. The highest BCUT2D eigenvalue weighted by Crippen LogP contribution is 2.18. The van der Waals surface area contributed by atoms with Gasteiger partial charge in [-0.25, -0.2) is 21.8 Å². The molecule has 0 aromatic carbocycles. The molecule has 19 heavy (non-hydrogen) atoms. The molecule has 106 valence electrons. The van der Waals surface area contributed by atoms with Gasteiger partial charge in [-0.1, -0.05) is 23.2 Å². The van der Waals surface area contributed by atoms with Crippen molar-refractivity contribution in [3.05, 3.63) is 11.1 Å². The number of rotatable bonds is 5. The molecule has 0 fully saturated rings. The Morgan fingerprint density at radius 3 is 2.68 bits per heavy atom. The van der Waals surface area contributed by atoms with Crippen LogP contribution in [0.25, 0.3) is 0 Å². The van der Waals surface area contributed by atoms with Crippen molar-refractivity contribution < 1.29 is 21.9 Å². The van der Waals surface area contributed by atoms with Gasteiger partial charge in [0.15, 0.2) is 20.1 Å². The third kappa shape index (κ3) is 6.53. The van der Waals surface area contributed by atoms with Crippen molar-refractivity contribution in [2.45, 2.75) is 6.42 Å². The minimum Gasteiger partial charge on any atom is -0.395 e. The fraction of sp³-hybridized carbons (Fsp3) is 0.444. The zero-order chi connectivity index (χ0) is 14.5. The van der Waals surface area contributed by atoms with Crippen LogP contribution in [0.5, 0.6) is 0 Å². The van der Waals surface area contributed by atoms with Crippen LogP contribution in [-0.4, -0.2) is 44.9 Å². The van der Waals surface area contributed by atoms with Gasteiger partial charge in [0.25, 0.3) is 0 Å². The van der Waals surface area contributed by atoms with Crippen LogP contribution in [0.1, 0.15) is 11.3 Å². The SMILES string of the molecule is CS(=O)(=O)CS(=O)(=O)Nc1ncc(C#CCCO)s1. The van der Waals surface area contributed by atoms with Crippen molar-refractivity contribution in [1.29, 1.82) is 0 Å². The van der Waals surface area contributed by atoms with Gasteiger partial charge >= 0.3 is 0 Å². The lowest BCUT2D eigenvalue weighted by Crippen LogP contribution is -2.22. The normalized spacial score (nSPS) is 11.7. The number of anilines is 1. The lowest BCUT2D eigenvalue weighted by Gasteiger charge is -2.02. The van der Waals surface area contributed by atoms with Gasteiger partial charge < -0.3 is 5.11 Å². The lowest BCUT2D eigenvalue weighted by atomic mass is 10.4. The van der Waals surface area contributed by atoms with Gasteiger partial charge in [0.1, 0.15) is 0 Å². The lowest BCUT2D eigenvalue weighted by molar-refractivity contribution is 0.305. The molecule has 0 amide bonds. The van der Waals surface area contributed by atoms with Crippen LogP contribution in [0.2, 0.25) is 0 Å². The van der Waals surface area contributed by atoms with E-state index in [1.807, 2.05) is 0 Å². The van der Waals surface area contributed by atoms with Gasteiger partial charge in [0.2, 0.25) is 10.0 Å². The molecular weight excluding hydrogens is 312 g/mol. The first kappa shape index (κ1) is 15.9. The fourth-order valence-electron chi connectivity index (χ4n) is 1.03. The Kier molecular flexibility index (Phi) is 5.30. The number of aliphatic hydroxyl groups is 1. The second-order valence-corrected chi connectivity index (χ2v) is 8.82. The molecule has 0 atom stereocenters. The average Bonchev–Trinajstić information content (AvgIpc) is 2.61. The second-order valence-electron chi connectivity index (χ2n) is 3.57. The van der Waals surface area contributed by atoms with Crippen LogP contribution >= 0.6 is 11.3 Å². The van der Waals surface area contributed by atoms with Crippen molar-refractivity contribution in [3.8, 4) is 11.8 Å². The van der Waals surface area contributed by atoms with E-state index < -0.39 is 24.9 Å². The Labute approximate surface area is 115 Å². The van der Waals surface area contributed by atoms with Gasteiger partial charge in [-0.2, -0.15) is 0 Å². The Hall–Kier alpha value is -1.15. The minimum absolute atomic E-state index is 0.0527. The zero-order valence-corrected chi connectivity index (χ0v) is 12.4. The van der Waals surface area contributed by atoms with Crippen LogP contribution < -0.4 is 4.72 Å². The molecule has 0 bridgehead atoms. The van der Waals surface area contributed by atoms with Crippen molar-refractivity contribution in [2.24, 2.45) is 0 Å². The van der Waals surface area contributed by atoms with Crippen molar-refractivity contribution >= 4 is 36.3 Å². The van der Waals surface area contributed by atoms with Crippen LogP contribution in [0.3, 0.4) is 0 Å². The summed E-state index contributed by atoms with van der Waals surface area (Å²) in [6.07, 6.45) is 2.51. The summed E-state index contributed by atoms with van der Waals surface area (Å²) in [5, 5.41) is 7.61. The van der Waals surface area contributed by atoms with Gasteiger partial charge in [-0.3, -0.25) is 4.72 Å². The summed E-state index contributed by atoms with van der Waals surface area (Å²) < 4.78 is 46.9. The van der Waals surface area contributed by atoms with Gasteiger partial charge in [-0.15, -0.1) is 0 Å². The summed E-state index contributed by atoms with van der Waals surface area (Å²) >= 11 is 0.985. The number of hydrogen-bond acceptors (Lipinski definition) is 7. The largest absolute Gasteiger partial charge is 0.395 e. The molecule has 10 heteroatoms. The molecule has 0 saturated carbocycles. The van der Waals surface area contributed by atoms with E-state index in [1.54, 1.807) is 0 Å². The molecule has 0 aliphatic rings. The van der Waals surface area contributed by atoms with E-state index in [2.05, 4.69) is 21.5 Å². The quantitative estimate of drug-likeness (QED) is 0.714. The van der Waals surface area contributed by atoms with Crippen molar-refractivity contribution in [1.82, 2.24) is 4.98 Å². The molecular formula is C9H12N2O5S3. The van der Waals surface area contributed by atoms with Gasteiger partial charge in [0.05, 0.1) is 17.7 Å². The summed E-state index contributed by atoms with van der Waals surface area (Å²) in [5.74, 6) is 5.36. The van der Waals surface area contributed by atoms with E-state index in [1.165, 1.54) is 6.20 Å². The number of thiazole rings is 1. The molecule has 0 unspecified atom stereocenters. The predicted molar refractivity (Wildman–Crippen MR) is 72.9 cm³/mol. The Bertz CT molecular complexity index is 694. The highest BCUT2D eigenvalue weighted by Gasteiger charge is 2.19. The molecule has 1 aromatic heterocycles. The standard InChI is InChI=1S/C9H12N2O5S3/c1-18(13,14)7-19(15,16)11-9-10-6-8(17-9)4-2-3-5-12/h6,12H,3,5,7H2,1H3,(H,10,11). The van der Waals surface area contributed by atoms with E-state index in [-0.39, 0.29) is 11.7 Å². The first-order valence-corrected chi connectivity index (χ1v) is 9.48. The van der Waals surface area contributed by atoms with Crippen molar-refractivity contribution in [3.63, 3.8) is 0 Å². The van der Waals surface area contributed by atoms with Gasteiger partial charge in [0, 0.05) is 12.7 Å². The average molecular weight is 324 g/mol. The molecule has 0 aliphatic heterocycles. The first-order chi connectivity index (χ1) is 8.72. The first-order valence-electron chi connectivity index (χ1n) is 4.95. The monoisotopic (exact) mass is 324 g/mol. The molecule has 1 aromatic rings. The molecule has 1 heterocycles. The van der Waals surface area contributed by atoms with Gasteiger partial charge in [-0.05, 0) is 0 Å². The Morgan fingerprint density at radius 1 is 1.42 bits per heavy atom. The molecule has 2 N–H and O–H groups in total. The topological polar surface area (TPSA) is 113 Å². The maximum Gasteiger partial charge on any atom is 0.248 e. The van der Waals surface area contributed by atoms with E-state index in [9.17, 15) is 16.8 Å². The highest BCUT2D eigenvalue weighted by atomic mass is 32.3. The summed E-state index contributed by atoms with van der Waals surface area (Å²) in [5.41, 5.74) is 0. The summed E-state index contributed by atoms with van der Waals surface area (Å²) in [6.45, 7) is -0.0559. The molecule has 7 nitrogen and oxygen atoms in total. The van der Waals surface area contributed by atoms with Crippen LogP contribution in [0, 0.1) is 11.8 Å². The maximum absolute atomic E-state index is 11.5. The zero-order valence-electron chi connectivity index (χ0n) is 9.95. The molecule has 0 radical (unpaired) electrons. The Balaban J connectivity index is 2.77. The van der Waals surface area contributed by atoms with Crippen molar-refractivity contribution in [2.75, 3.05) is 22.7 Å². The third-order valence-electron chi connectivity index (χ3n) is 1.57. The van der Waals surface area contributed by atoms with Crippen LogP contribution in [-0.2, 0) is 19.9 Å². The highest BCUT2D eigenvalue weighted by molar-refractivity contribution is 8.08. The number of hydrogen-bond donors (Lipinski definition) is 2. The van der Waals surface area contributed by atoms with E-state index in [0.29, 0.717) is 11.3 Å².